The van der Waals surface area contributed by atoms with Gasteiger partial charge in [-0.25, -0.2) is 0 Å². The maximum absolute atomic E-state index is 14.2. The first-order chi connectivity index (χ1) is 19.5. The van der Waals surface area contributed by atoms with Gasteiger partial charge in [-0.15, -0.1) is 0 Å². The minimum Gasteiger partial charge on any atom is -0.497 e. The number of ether oxygens (including phenoxy) is 1. The maximum atomic E-state index is 14.2. The first-order valence-electron chi connectivity index (χ1n) is 13.7. The zero-order valence-electron chi connectivity index (χ0n) is 22.7. The molecule has 2 heterocycles. The van der Waals surface area contributed by atoms with Gasteiger partial charge in [-0.05, 0) is 66.5 Å². The Morgan fingerprint density at radius 3 is 2.50 bits per heavy atom. The number of hydrogen-bond acceptors (Lipinski definition) is 5. The van der Waals surface area contributed by atoms with Crippen molar-refractivity contribution in [2.24, 2.45) is 0 Å². The van der Waals surface area contributed by atoms with Crippen LogP contribution >= 0.6 is 12.2 Å². The number of hydrogen-bond donors (Lipinski definition) is 2. The molecule has 2 aromatic carbocycles. The van der Waals surface area contributed by atoms with Crippen molar-refractivity contribution in [3.63, 3.8) is 0 Å². The molecule has 1 saturated carbocycles. The van der Waals surface area contributed by atoms with Crippen LogP contribution in [0.5, 0.6) is 5.75 Å². The van der Waals surface area contributed by atoms with Crippen molar-refractivity contribution in [2.45, 2.75) is 50.2 Å². The summed E-state index contributed by atoms with van der Waals surface area (Å²) in [5.74, 6) is 0.412. The number of methoxy groups -OCH3 is 1. The van der Waals surface area contributed by atoms with Crippen LogP contribution < -0.4 is 15.4 Å². The molecule has 3 aromatic rings. The normalized spacial score (nSPS) is 18.1. The van der Waals surface area contributed by atoms with Gasteiger partial charge >= 0.3 is 0 Å². The van der Waals surface area contributed by atoms with E-state index in [1.165, 1.54) is 0 Å². The average molecular weight is 558 g/mol. The highest BCUT2D eigenvalue weighted by atomic mass is 32.1. The predicted octanol–water partition coefficient (Wildman–Crippen LogP) is 4.69. The summed E-state index contributed by atoms with van der Waals surface area (Å²) in [6.07, 6.45) is 7.42. The summed E-state index contributed by atoms with van der Waals surface area (Å²) in [5, 5.41) is 7.00. The van der Waals surface area contributed by atoms with Crippen molar-refractivity contribution in [1.29, 1.82) is 0 Å². The van der Waals surface area contributed by atoms with Gasteiger partial charge in [-0.1, -0.05) is 55.7 Å². The number of carbonyl (C=O) groups excluding carboxylic acids is 2. The molecule has 1 aromatic heterocycles. The zero-order valence-corrected chi connectivity index (χ0v) is 23.5. The summed E-state index contributed by atoms with van der Waals surface area (Å²) in [4.78, 5) is 36.3. The standard InChI is InChI=1S/C31H35N5O3S/c1-39-26-14-12-25(13-15-26)33-29(38)31(16-6-3-7-17-31)36(20-23-9-8-18-32-19-23)28(37)22-35-21-27(34-30(35)40)24-10-4-2-5-11-24/h2,4-5,8-15,18-19,27H,3,6-7,16-17,20-22H2,1H3,(H,33,38)(H,34,40)/t27-/m1/s1. The number of anilines is 1. The lowest BCUT2D eigenvalue weighted by Crippen LogP contribution is -2.61. The molecule has 1 aliphatic carbocycles. The van der Waals surface area contributed by atoms with Crippen LogP contribution in [0, 0.1) is 0 Å². The first kappa shape index (κ1) is 27.6. The number of benzene rings is 2. The molecular weight excluding hydrogens is 522 g/mol. The number of nitrogens with zero attached hydrogens (tertiary/aromatic N) is 3. The van der Waals surface area contributed by atoms with Gasteiger partial charge in [0.15, 0.2) is 5.11 Å². The van der Waals surface area contributed by atoms with Crippen LogP contribution in [0.2, 0.25) is 0 Å². The molecule has 9 heteroatoms. The van der Waals surface area contributed by atoms with E-state index in [4.69, 9.17) is 17.0 Å². The van der Waals surface area contributed by atoms with Gasteiger partial charge in [0, 0.05) is 31.2 Å². The molecule has 8 nitrogen and oxygen atoms in total. The van der Waals surface area contributed by atoms with E-state index in [0.717, 1.165) is 30.4 Å². The summed E-state index contributed by atoms with van der Waals surface area (Å²) in [6, 6.07) is 21.2. The number of amides is 2. The lowest BCUT2D eigenvalue weighted by atomic mass is 9.78. The minimum atomic E-state index is -0.987. The number of aromatic nitrogens is 1. The highest BCUT2D eigenvalue weighted by Crippen LogP contribution is 2.37. The van der Waals surface area contributed by atoms with Crippen molar-refractivity contribution in [2.75, 3.05) is 25.5 Å². The fourth-order valence-electron chi connectivity index (χ4n) is 5.68. The SMILES string of the molecule is COc1ccc(NC(=O)C2(N(Cc3cccnc3)C(=O)CN3C[C@H](c4ccccc4)NC3=S)CCCCC2)cc1. The lowest BCUT2D eigenvalue weighted by molar-refractivity contribution is -0.149. The van der Waals surface area contributed by atoms with E-state index >= 15 is 0 Å². The summed E-state index contributed by atoms with van der Waals surface area (Å²) in [5.41, 5.74) is 1.68. The monoisotopic (exact) mass is 557 g/mol. The molecule has 2 aliphatic rings. The Labute approximate surface area is 240 Å². The molecule has 2 amide bonds. The summed E-state index contributed by atoms with van der Waals surface area (Å²) < 4.78 is 5.26. The average Bonchev–Trinajstić information content (AvgIpc) is 3.37. The second-order valence-corrected chi connectivity index (χ2v) is 10.8. The molecule has 0 spiro atoms. The fraction of sp³-hybridized carbons (Fsp3) is 0.355. The van der Waals surface area contributed by atoms with Gasteiger partial charge in [0.1, 0.15) is 11.3 Å². The van der Waals surface area contributed by atoms with E-state index in [0.29, 0.717) is 42.5 Å². The molecule has 40 heavy (non-hydrogen) atoms. The largest absolute Gasteiger partial charge is 0.497 e. The second kappa shape index (κ2) is 12.5. The Bertz CT molecular complexity index is 1310. The predicted molar refractivity (Wildman–Crippen MR) is 159 cm³/mol. The molecule has 0 unspecified atom stereocenters. The zero-order chi connectivity index (χ0) is 28.0. The summed E-state index contributed by atoms with van der Waals surface area (Å²) >= 11 is 5.64. The third-order valence-corrected chi connectivity index (χ3v) is 8.22. The highest BCUT2D eigenvalue weighted by Gasteiger charge is 2.47. The third-order valence-electron chi connectivity index (χ3n) is 7.85. The van der Waals surface area contributed by atoms with E-state index in [-0.39, 0.29) is 24.4 Å². The van der Waals surface area contributed by atoms with E-state index in [2.05, 4.69) is 27.8 Å². The number of rotatable bonds is 9. The maximum Gasteiger partial charge on any atom is 0.250 e. The van der Waals surface area contributed by atoms with Gasteiger partial charge in [0.2, 0.25) is 11.8 Å². The van der Waals surface area contributed by atoms with Crippen molar-refractivity contribution in [3.8, 4) is 5.75 Å². The molecule has 208 valence electrons. The smallest absolute Gasteiger partial charge is 0.250 e. The molecule has 1 atom stereocenters. The van der Waals surface area contributed by atoms with Crippen LogP contribution in [-0.4, -0.2) is 57.4 Å². The molecular formula is C31H35N5O3S. The van der Waals surface area contributed by atoms with Crippen LogP contribution in [0.15, 0.2) is 79.1 Å². The van der Waals surface area contributed by atoms with Crippen LogP contribution in [-0.2, 0) is 16.1 Å². The highest BCUT2D eigenvalue weighted by molar-refractivity contribution is 7.80. The van der Waals surface area contributed by atoms with E-state index in [9.17, 15) is 9.59 Å². The Balaban J connectivity index is 1.42. The minimum absolute atomic E-state index is 0.00952. The molecule has 2 fully saturated rings. The Morgan fingerprint density at radius 2 is 1.82 bits per heavy atom. The Kier molecular flexibility index (Phi) is 8.60. The number of nitrogens with one attached hydrogen (secondary N) is 2. The lowest BCUT2D eigenvalue weighted by Gasteiger charge is -2.45. The first-order valence-corrected chi connectivity index (χ1v) is 14.1. The van der Waals surface area contributed by atoms with E-state index in [1.54, 1.807) is 24.4 Å². The third kappa shape index (κ3) is 6.09. The molecule has 0 bridgehead atoms. The molecule has 0 radical (unpaired) electrons. The molecule has 5 rings (SSSR count). The summed E-state index contributed by atoms with van der Waals surface area (Å²) in [7, 11) is 1.61. The van der Waals surface area contributed by atoms with Crippen LogP contribution in [0.4, 0.5) is 5.69 Å². The van der Waals surface area contributed by atoms with E-state index < -0.39 is 5.54 Å². The molecule has 1 saturated heterocycles. The van der Waals surface area contributed by atoms with Gasteiger partial charge in [0.25, 0.3) is 0 Å². The van der Waals surface area contributed by atoms with Crippen molar-refractivity contribution >= 4 is 34.8 Å². The van der Waals surface area contributed by atoms with Gasteiger partial charge in [-0.3, -0.25) is 14.6 Å². The van der Waals surface area contributed by atoms with Crippen LogP contribution in [0.1, 0.15) is 49.3 Å². The molecule has 2 N–H and O–H groups in total. The number of carbonyl (C=O) groups is 2. The van der Waals surface area contributed by atoms with Gasteiger partial charge < -0.3 is 25.2 Å². The topological polar surface area (TPSA) is 86.8 Å². The summed E-state index contributed by atoms with van der Waals surface area (Å²) in [6.45, 7) is 0.964. The van der Waals surface area contributed by atoms with Gasteiger partial charge in [-0.2, -0.15) is 0 Å². The Morgan fingerprint density at radius 1 is 1.07 bits per heavy atom. The number of pyridine rings is 1. The van der Waals surface area contributed by atoms with Crippen molar-refractivity contribution < 1.29 is 14.3 Å². The van der Waals surface area contributed by atoms with E-state index in [1.807, 2.05) is 59.5 Å². The fourth-order valence-corrected chi connectivity index (χ4v) is 5.96. The van der Waals surface area contributed by atoms with Gasteiger partial charge in [0.05, 0.1) is 19.7 Å². The quantitative estimate of drug-likeness (QED) is 0.369. The van der Waals surface area contributed by atoms with Crippen molar-refractivity contribution in [1.82, 2.24) is 20.1 Å². The Hall–Kier alpha value is -3.98. The van der Waals surface area contributed by atoms with Crippen LogP contribution in [0.3, 0.4) is 0 Å². The number of thiocarbonyl (C=S) groups is 1. The second-order valence-electron chi connectivity index (χ2n) is 10.4. The van der Waals surface area contributed by atoms with Crippen molar-refractivity contribution in [3.05, 3.63) is 90.3 Å². The molecule has 1 aliphatic heterocycles. The van der Waals surface area contributed by atoms with Crippen LogP contribution in [0.25, 0.3) is 0 Å².